The van der Waals surface area contributed by atoms with Gasteiger partial charge in [-0.2, -0.15) is 0 Å². The van der Waals surface area contributed by atoms with Gasteiger partial charge in [0.2, 0.25) is 11.8 Å². The lowest BCUT2D eigenvalue weighted by molar-refractivity contribution is -0.136. The molecular formula is C27H34N4O3. The topological polar surface area (TPSA) is 81.8 Å². The summed E-state index contributed by atoms with van der Waals surface area (Å²) in [7, 11) is 0. The van der Waals surface area contributed by atoms with E-state index in [0.29, 0.717) is 39.1 Å². The van der Waals surface area contributed by atoms with Gasteiger partial charge in [0, 0.05) is 38.6 Å². The molecule has 2 N–H and O–H groups in total. The minimum Gasteiger partial charge on any atom is -0.354 e. The van der Waals surface area contributed by atoms with Crippen molar-refractivity contribution in [2.45, 2.75) is 38.1 Å². The Balaban J connectivity index is 1.42. The van der Waals surface area contributed by atoms with Crippen molar-refractivity contribution in [3.63, 3.8) is 0 Å². The van der Waals surface area contributed by atoms with Crippen LogP contribution < -0.4 is 10.6 Å². The zero-order valence-electron chi connectivity index (χ0n) is 19.6. The average Bonchev–Trinajstić information content (AvgIpc) is 3.70. The number of hydrogen-bond donors (Lipinski definition) is 2. The molecule has 1 aliphatic heterocycles. The number of benzene rings is 2. The number of hydrogen-bond acceptors (Lipinski definition) is 3. The van der Waals surface area contributed by atoms with Gasteiger partial charge in [-0.15, -0.1) is 0 Å². The Morgan fingerprint density at radius 2 is 1.65 bits per heavy atom. The largest absolute Gasteiger partial charge is 0.354 e. The fourth-order valence-electron chi connectivity index (χ4n) is 4.46. The first-order valence-electron chi connectivity index (χ1n) is 12.3. The summed E-state index contributed by atoms with van der Waals surface area (Å²) >= 11 is 0. The highest BCUT2D eigenvalue weighted by molar-refractivity contribution is 5.83. The van der Waals surface area contributed by atoms with Crippen LogP contribution in [0.5, 0.6) is 0 Å². The summed E-state index contributed by atoms with van der Waals surface area (Å²) in [5, 5.41) is 5.95. The molecule has 2 aromatic carbocycles. The lowest BCUT2D eigenvalue weighted by Crippen LogP contribution is -2.45. The number of amides is 4. The van der Waals surface area contributed by atoms with E-state index in [2.05, 4.69) is 10.6 Å². The first kappa shape index (κ1) is 23.8. The van der Waals surface area contributed by atoms with Gasteiger partial charge in [-0.25, -0.2) is 4.79 Å². The van der Waals surface area contributed by atoms with Crippen molar-refractivity contribution in [1.82, 2.24) is 20.4 Å². The summed E-state index contributed by atoms with van der Waals surface area (Å²) in [5.74, 6) is 0.0883. The minimum atomic E-state index is -0.291. The molecule has 1 unspecified atom stereocenters. The van der Waals surface area contributed by atoms with Gasteiger partial charge in [0.25, 0.3) is 0 Å². The van der Waals surface area contributed by atoms with Crippen molar-refractivity contribution in [2.75, 3.05) is 32.7 Å². The predicted octanol–water partition coefficient (Wildman–Crippen LogP) is 3.13. The molecule has 1 saturated carbocycles. The van der Waals surface area contributed by atoms with E-state index in [9.17, 15) is 14.4 Å². The zero-order valence-corrected chi connectivity index (χ0v) is 19.6. The Hall–Kier alpha value is -3.35. The van der Waals surface area contributed by atoms with Crippen LogP contribution in [0.25, 0.3) is 0 Å². The number of carbonyl (C=O) groups is 3. The van der Waals surface area contributed by atoms with Gasteiger partial charge in [0.15, 0.2) is 0 Å². The molecule has 0 aromatic heterocycles. The monoisotopic (exact) mass is 462 g/mol. The molecule has 0 bridgehead atoms. The standard InChI is InChI=1S/C27H34N4O3/c32-25-20-24(22-10-5-2-6-11-22)31(26(33)23-12-13-23)18-7-17-30(19-16-28-25)27(34)29-15-14-21-8-3-1-4-9-21/h1-6,8-11,23-24H,7,12-20H2,(H,28,32)(H,29,34). The van der Waals surface area contributed by atoms with E-state index in [1.807, 2.05) is 65.6 Å². The van der Waals surface area contributed by atoms with Crippen LogP contribution in [0, 0.1) is 5.92 Å². The van der Waals surface area contributed by atoms with Crippen LogP contribution in [0.2, 0.25) is 0 Å². The molecule has 0 spiro atoms. The third-order valence-electron chi connectivity index (χ3n) is 6.50. The number of rotatable bonds is 5. The molecule has 7 heteroatoms. The van der Waals surface area contributed by atoms with Gasteiger partial charge >= 0.3 is 6.03 Å². The molecular weight excluding hydrogens is 428 g/mol. The minimum absolute atomic E-state index is 0.0665. The second-order valence-corrected chi connectivity index (χ2v) is 9.09. The van der Waals surface area contributed by atoms with Gasteiger partial charge < -0.3 is 20.4 Å². The van der Waals surface area contributed by atoms with Crippen molar-refractivity contribution in [1.29, 1.82) is 0 Å². The van der Waals surface area contributed by atoms with Crippen molar-refractivity contribution in [3.8, 4) is 0 Å². The molecule has 2 aromatic rings. The Kier molecular flexibility index (Phi) is 8.17. The molecule has 1 heterocycles. The van der Waals surface area contributed by atoms with Crippen molar-refractivity contribution in [3.05, 3.63) is 71.8 Å². The summed E-state index contributed by atoms with van der Waals surface area (Å²) in [6.45, 7) is 2.44. The molecule has 34 heavy (non-hydrogen) atoms. The second kappa shape index (κ2) is 11.7. The summed E-state index contributed by atoms with van der Waals surface area (Å²) in [5.41, 5.74) is 2.15. The van der Waals surface area contributed by atoms with Gasteiger partial charge in [0.1, 0.15) is 0 Å². The number of carbonyl (C=O) groups excluding carboxylic acids is 3. The van der Waals surface area contributed by atoms with Gasteiger partial charge in [-0.3, -0.25) is 9.59 Å². The third-order valence-corrected chi connectivity index (χ3v) is 6.50. The number of nitrogens with zero attached hydrogens (tertiary/aromatic N) is 2. The highest BCUT2D eigenvalue weighted by atomic mass is 16.2. The maximum Gasteiger partial charge on any atom is 0.317 e. The molecule has 4 rings (SSSR count). The van der Waals surface area contributed by atoms with E-state index < -0.39 is 0 Å². The first-order chi connectivity index (χ1) is 16.6. The molecule has 4 amide bonds. The third kappa shape index (κ3) is 6.59. The Bertz CT molecular complexity index is 962. The summed E-state index contributed by atoms with van der Waals surface area (Å²) in [6, 6.07) is 19.4. The predicted molar refractivity (Wildman–Crippen MR) is 131 cm³/mol. The fraction of sp³-hybridized carbons (Fsp3) is 0.444. The van der Waals surface area contributed by atoms with E-state index in [4.69, 9.17) is 0 Å². The molecule has 7 nitrogen and oxygen atoms in total. The first-order valence-corrected chi connectivity index (χ1v) is 12.3. The van der Waals surface area contributed by atoms with Crippen LogP contribution in [0.3, 0.4) is 0 Å². The number of nitrogens with one attached hydrogen (secondary N) is 2. The Morgan fingerprint density at radius 1 is 0.941 bits per heavy atom. The van der Waals surface area contributed by atoms with Crippen molar-refractivity contribution in [2.24, 2.45) is 5.92 Å². The van der Waals surface area contributed by atoms with E-state index in [1.165, 1.54) is 5.56 Å². The smallest absolute Gasteiger partial charge is 0.317 e. The summed E-state index contributed by atoms with van der Waals surface area (Å²) < 4.78 is 0. The Morgan fingerprint density at radius 3 is 2.35 bits per heavy atom. The zero-order chi connectivity index (χ0) is 23.8. The summed E-state index contributed by atoms with van der Waals surface area (Å²) in [4.78, 5) is 42.5. The van der Waals surface area contributed by atoms with Crippen LogP contribution >= 0.6 is 0 Å². The molecule has 2 aliphatic rings. The molecule has 1 aliphatic carbocycles. The van der Waals surface area contributed by atoms with E-state index in [1.54, 1.807) is 4.90 Å². The van der Waals surface area contributed by atoms with E-state index in [-0.39, 0.29) is 36.2 Å². The molecule has 180 valence electrons. The molecule has 1 atom stereocenters. The lowest BCUT2D eigenvalue weighted by Gasteiger charge is -2.32. The van der Waals surface area contributed by atoms with E-state index >= 15 is 0 Å². The van der Waals surface area contributed by atoms with Crippen LogP contribution in [-0.2, 0) is 16.0 Å². The van der Waals surface area contributed by atoms with Gasteiger partial charge in [-0.1, -0.05) is 60.7 Å². The van der Waals surface area contributed by atoms with E-state index in [0.717, 1.165) is 24.8 Å². The Labute approximate surface area is 201 Å². The maximum absolute atomic E-state index is 13.2. The quantitative estimate of drug-likeness (QED) is 0.716. The normalized spacial score (nSPS) is 19.6. The molecule has 2 fully saturated rings. The lowest BCUT2D eigenvalue weighted by atomic mass is 10.0. The highest BCUT2D eigenvalue weighted by Crippen LogP contribution is 2.35. The van der Waals surface area contributed by atoms with Crippen molar-refractivity contribution >= 4 is 17.8 Å². The molecule has 0 radical (unpaired) electrons. The second-order valence-electron chi connectivity index (χ2n) is 9.09. The molecule has 1 saturated heterocycles. The van der Waals surface area contributed by atoms with Crippen LogP contribution in [0.15, 0.2) is 60.7 Å². The highest BCUT2D eigenvalue weighted by Gasteiger charge is 2.37. The average molecular weight is 463 g/mol. The summed E-state index contributed by atoms with van der Waals surface area (Å²) in [6.07, 6.45) is 3.49. The van der Waals surface area contributed by atoms with Crippen LogP contribution in [-0.4, -0.2) is 60.4 Å². The van der Waals surface area contributed by atoms with Gasteiger partial charge in [0.05, 0.1) is 12.5 Å². The SMILES string of the molecule is O=C1CC(c2ccccc2)N(C(=O)C2CC2)CCCN(C(=O)NCCc2ccccc2)CCN1. The fourth-order valence-corrected chi connectivity index (χ4v) is 4.46. The number of urea groups is 1. The maximum atomic E-state index is 13.2. The van der Waals surface area contributed by atoms with Crippen LogP contribution in [0.1, 0.15) is 42.9 Å². The van der Waals surface area contributed by atoms with Crippen molar-refractivity contribution < 1.29 is 14.4 Å². The van der Waals surface area contributed by atoms with Gasteiger partial charge in [-0.05, 0) is 36.8 Å². The van der Waals surface area contributed by atoms with Crippen LogP contribution in [0.4, 0.5) is 4.79 Å².